The van der Waals surface area contributed by atoms with Crippen molar-refractivity contribution in [1.82, 2.24) is 10.1 Å². The molecule has 0 atom stereocenters. The van der Waals surface area contributed by atoms with Crippen LogP contribution in [0.2, 0.25) is 10.0 Å². The van der Waals surface area contributed by atoms with Crippen LogP contribution in [0.4, 0.5) is 0 Å². The normalized spacial score (nSPS) is 11.3. The van der Waals surface area contributed by atoms with Crippen LogP contribution >= 0.6 is 23.2 Å². The maximum absolute atomic E-state index is 11.8. The smallest absolute Gasteiger partial charge is 0.336 e. The molecule has 3 aromatic carbocycles. The van der Waals surface area contributed by atoms with Crippen molar-refractivity contribution in [1.29, 1.82) is 0 Å². The van der Waals surface area contributed by atoms with Gasteiger partial charge < -0.3 is 9.63 Å². The number of rotatable bonds is 3. The maximum atomic E-state index is 11.8. The number of hydrogen-bond acceptors (Lipinski definition) is 4. The van der Waals surface area contributed by atoms with Crippen LogP contribution in [0.25, 0.3) is 44.4 Å². The van der Waals surface area contributed by atoms with Gasteiger partial charge in [-0.3, -0.25) is 0 Å². The Morgan fingerprint density at radius 3 is 2.27 bits per heavy atom. The van der Waals surface area contributed by atoms with Crippen molar-refractivity contribution in [3.8, 4) is 22.6 Å². The van der Waals surface area contributed by atoms with Crippen LogP contribution in [0.1, 0.15) is 10.4 Å². The molecule has 5 nitrogen and oxygen atoms in total. The molecular formula is C23H12Cl2N2O3. The van der Waals surface area contributed by atoms with Gasteiger partial charge >= 0.3 is 5.97 Å². The van der Waals surface area contributed by atoms with E-state index in [0.29, 0.717) is 37.9 Å². The predicted molar refractivity (Wildman–Crippen MR) is 117 cm³/mol. The van der Waals surface area contributed by atoms with E-state index >= 15 is 0 Å². The van der Waals surface area contributed by atoms with Gasteiger partial charge in [0.25, 0.3) is 0 Å². The number of halogens is 2. The fraction of sp³-hybridized carbons (Fsp3) is 0. The summed E-state index contributed by atoms with van der Waals surface area (Å²) in [6, 6.07) is 19.4. The van der Waals surface area contributed by atoms with Gasteiger partial charge in [-0.2, -0.15) is 0 Å². The van der Waals surface area contributed by atoms with Gasteiger partial charge in [-0.1, -0.05) is 34.4 Å². The van der Waals surface area contributed by atoms with Crippen LogP contribution in [0.5, 0.6) is 0 Å². The number of hydrogen-bond donors (Lipinski definition) is 1. The number of fused-ring (bicyclic) bond motifs is 2. The fourth-order valence-corrected chi connectivity index (χ4v) is 3.73. The number of carboxylic acid groups (broad SMARTS) is 1. The lowest BCUT2D eigenvalue weighted by atomic mass is 10.0. The molecule has 0 saturated heterocycles. The summed E-state index contributed by atoms with van der Waals surface area (Å²) < 4.78 is 5.55. The monoisotopic (exact) mass is 434 g/mol. The van der Waals surface area contributed by atoms with Crippen LogP contribution in [-0.2, 0) is 0 Å². The number of carboxylic acids is 1. The lowest BCUT2D eigenvalue weighted by Crippen LogP contribution is -2.00. The first-order valence-electron chi connectivity index (χ1n) is 8.99. The van der Waals surface area contributed by atoms with Gasteiger partial charge in [0.05, 0.1) is 22.2 Å². The summed E-state index contributed by atoms with van der Waals surface area (Å²) in [4.78, 5) is 16.5. The summed E-state index contributed by atoms with van der Waals surface area (Å²) in [6.07, 6.45) is 0. The molecule has 0 amide bonds. The van der Waals surface area contributed by atoms with Gasteiger partial charge in [0.1, 0.15) is 5.52 Å². The lowest BCUT2D eigenvalue weighted by Gasteiger charge is -2.08. The Balaban J connectivity index is 1.70. The van der Waals surface area contributed by atoms with Crippen LogP contribution in [0.15, 0.2) is 71.3 Å². The number of nitrogens with zero attached hydrogens (tertiary/aromatic N) is 2. The molecule has 0 saturated carbocycles. The van der Waals surface area contributed by atoms with Crippen molar-refractivity contribution in [3.05, 3.63) is 82.3 Å². The van der Waals surface area contributed by atoms with E-state index in [1.165, 1.54) is 0 Å². The Kier molecular flexibility index (Phi) is 4.42. The number of benzene rings is 3. The van der Waals surface area contributed by atoms with E-state index in [2.05, 4.69) is 10.1 Å². The average Bonchev–Trinajstić information content (AvgIpc) is 3.16. The van der Waals surface area contributed by atoms with Crippen molar-refractivity contribution in [2.45, 2.75) is 0 Å². The van der Waals surface area contributed by atoms with Crippen molar-refractivity contribution in [2.75, 3.05) is 0 Å². The van der Waals surface area contributed by atoms with E-state index < -0.39 is 5.97 Å². The van der Waals surface area contributed by atoms with Crippen LogP contribution < -0.4 is 0 Å². The standard InChI is InChI=1S/C23H12Cl2N2O3/c24-14-4-1-12(2-5-14)22-18-9-13(3-7-20(18)27-30-22)21-11-17(23(28)29)16-10-15(25)6-8-19(16)26-21/h1-11H,(H,28,29). The van der Waals surface area contributed by atoms with Gasteiger partial charge in [-0.05, 0) is 60.7 Å². The summed E-state index contributed by atoms with van der Waals surface area (Å²) in [5.41, 5.74) is 3.51. The first-order chi connectivity index (χ1) is 14.5. The number of pyridine rings is 1. The van der Waals surface area contributed by atoms with Crippen molar-refractivity contribution < 1.29 is 14.4 Å². The van der Waals surface area contributed by atoms with E-state index in [4.69, 9.17) is 27.7 Å². The molecule has 0 aliphatic carbocycles. The highest BCUT2D eigenvalue weighted by atomic mass is 35.5. The zero-order valence-electron chi connectivity index (χ0n) is 15.3. The molecule has 5 rings (SSSR count). The summed E-state index contributed by atoms with van der Waals surface area (Å²) >= 11 is 12.0. The van der Waals surface area contributed by atoms with E-state index in [9.17, 15) is 9.90 Å². The third-order valence-electron chi connectivity index (χ3n) is 4.88. The summed E-state index contributed by atoms with van der Waals surface area (Å²) in [7, 11) is 0. The molecule has 2 aromatic heterocycles. The van der Waals surface area contributed by atoms with Crippen molar-refractivity contribution >= 4 is 51.0 Å². The predicted octanol–water partition coefficient (Wildman–Crippen LogP) is 6.72. The quantitative estimate of drug-likeness (QED) is 0.341. The number of carbonyl (C=O) groups is 1. The second-order valence-electron chi connectivity index (χ2n) is 6.77. The van der Waals surface area contributed by atoms with E-state index in [-0.39, 0.29) is 5.56 Å². The molecule has 0 radical (unpaired) electrons. The second-order valence-corrected chi connectivity index (χ2v) is 7.65. The van der Waals surface area contributed by atoms with Crippen LogP contribution in [-0.4, -0.2) is 21.2 Å². The molecular weight excluding hydrogens is 423 g/mol. The number of aromatic nitrogens is 2. The molecule has 0 bridgehead atoms. The molecule has 146 valence electrons. The Morgan fingerprint density at radius 2 is 1.50 bits per heavy atom. The zero-order chi connectivity index (χ0) is 20.8. The Hall–Kier alpha value is -3.41. The molecule has 7 heteroatoms. The van der Waals surface area contributed by atoms with Gasteiger partial charge in [-0.15, -0.1) is 0 Å². The Morgan fingerprint density at radius 1 is 0.800 bits per heavy atom. The van der Waals surface area contributed by atoms with Gasteiger partial charge in [0.2, 0.25) is 0 Å². The molecule has 0 fully saturated rings. The van der Waals surface area contributed by atoms with Crippen molar-refractivity contribution in [3.63, 3.8) is 0 Å². The SMILES string of the molecule is O=C(O)c1cc(-c2ccc3noc(-c4ccc(Cl)cc4)c3c2)nc2ccc(Cl)cc12. The third kappa shape index (κ3) is 3.18. The minimum Gasteiger partial charge on any atom is -0.478 e. The highest BCUT2D eigenvalue weighted by Gasteiger charge is 2.16. The maximum Gasteiger partial charge on any atom is 0.336 e. The zero-order valence-corrected chi connectivity index (χ0v) is 16.8. The molecule has 0 unspecified atom stereocenters. The van der Waals surface area contributed by atoms with E-state index in [1.807, 2.05) is 30.3 Å². The second kappa shape index (κ2) is 7.13. The average molecular weight is 435 g/mol. The Bertz CT molecular complexity index is 1440. The van der Waals surface area contributed by atoms with Crippen molar-refractivity contribution in [2.24, 2.45) is 0 Å². The molecule has 2 heterocycles. The first-order valence-corrected chi connectivity index (χ1v) is 9.74. The van der Waals surface area contributed by atoms with Gasteiger partial charge in [0.15, 0.2) is 5.76 Å². The fourth-order valence-electron chi connectivity index (χ4n) is 3.43. The number of aromatic carboxylic acids is 1. The molecule has 0 aliphatic heterocycles. The summed E-state index contributed by atoms with van der Waals surface area (Å²) in [5, 5.41) is 16.2. The molecule has 1 N–H and O–H groups in total. The first kappa shape index (κ1) is 18.6. The molecule has 30 heavy (non-hydrogen) atoms. The van der Waals surface area contributed by atoms with E-state index in [1.54, 1.807) is 36.4 Å². The summed E-state index contributed by atoms with van der Waals surface area (Å²) in [6.45, 7) is 0. The third-order valence-corrected chi connectivity index (χ3v) is 5.37. The minimum atomic E-state index is -1.04. The largest absolute Gasteiger partial charge is 0.478 e. The molecule has 5 aromatic rings. The minimum absolute atomic E-state index is 0.140. The summed E-state index contributed by atoms with van der Waals surface area (Å²) in [5.74, 6) is -0.437. The lowest BCUT2D eigenvalue weighted by molar-refractivity contribution is 0.0699. The van der Waals surface area contributed by atoms with Crippen LogP contribution in [0, 0.1) is 0 Å². The molecule has 0 spiro atoms. The highest BCUT2D eigenvalue weighted by molar-refractivity contribution is 6.31. The van der Waals surface area contributed by atoms with Crippen LogP contribution in [0.3, 0.4) is 0 Å². The topological polar surface area (TPSA) is 76.2 Å². The highest BCUT2D eigenvalue weighted by Crippen LogP contribution is 2.33. The van der Waals surface area contributed by atoms with Gasteiger partial charge in [-0.25, -0.2) is 9.78 Å². The Labute approximate surface area is 180 Å². The van der Waals surface area contributed by atoms with E-state index in [0.717, 1.165) is 16.5 Å². The van der Waals surface area contributed by atoms with Gasteiger partial charge in [0, 0.05) is 26.6 Å². The molecule has 0 aliphatic rings.